The number of rotatable bonds is 6. The van der Waals surface area contributed by atoms with Crippen molar-refractivity contribution in [2.24, 2.45) is 0 Å². The molecule has 3 aromatic heterocycles. The van der Waals surface area contributed by atoms with Gasteiger partial charge in [-0.25, -0.2) is 4.68 Å². The molecule has 11 heteroatoms. The lowest BCUT2D eigenvalue weighted by Gasteiger charge is -2.38. The van der Waals surface area contributed by atoms with Gasteiger partial charge in [-0.15, -0.1) is 5.10 Å². The molecule has 1 aromatic carbocycles. The van der Waals surface area contributed by atoms with Gasteiger partial charge < -0.3 is 19.0 Å². The third-order valence-corrected chi connectivity index (χ3v) is 7.23. The number of aryl methyl sites for hydroxylation is 1. The second-order valence-corrected chi connectivity index (χ2v) is 9.71. The molecule has 0 bridgehead atoms. The molecule has 5 heterocycles. The molecular formula is C26H29N7O4. The predicted octanol–water partition coefficient (Wildman–Crippen LogP) is 2.14. The number of carbonyl (C=O) groups excluding carboxylic acids is 1. The maximum absolute atomic E-state index is 13.4. The Balaban J connectivity index is 1.35. The van der Waals surface area contributed by atoms with Crippen molar-refractivity contribution in [2.45, 2.75) is 38.5 Å². The van der Waals surface area contributed by atoms with E-state index >= 15 is 0 Å². The molecule has 4 aromatic rings. The number of piperazine rings is 1. The van der Waals surface area contributed by atoms with E-state index in [2.05, 4.69) is 25.4 Å². The number of aromatic amines is 1. The van der Waals surface area contributed by atoms with Gasteiger partial charge in [-0.05, 0) is 65.4 Å². The summed E-state index contributed by atoms with van der Waals surface area (Å²) in [6, 6.07) is 10.8. The zero-order valence-corrected chi connectivity index (χ0v) is 20.7. The molecule has 11 nitrogen and oxygen atoms in total. The van der Waals surface area contributed by atoms with Crippen molar-refractivity contribution in [3.8, 4) is 0 Å². The number of nitrogens with zero attached hydrogens (tertiary/aromatic N) is 6. The summed E-state index contributed by atoms with van der Waals surface area (Å²) in [5, 5.41) is 13.6. The quantitative estimate of drug-likeness (QED) is 0.425. The Kier molecular flexibility index (Phi) is 6.31. The van der Waals surface area contributed by atoms with Crippen molar-refractivity contribution in [1.29, 1.82) is 0 Å². The summed E-state index contributed by atoms with van der Waals surface area (Å²) in [6.45, 7) is 5.35. The van der Waals surface area contributed by atoms with E-state index in [1.54, 1.807) is 21.7 Å². The summed E-state index contributed by atoms with van der Waals surface area (Å²) in [4.78, 5) is 33.3. The lowest BCUT2D eigenvalue weighted by molar-refractivity contribution is 0.0550. The standard InChI is InChI=1S/C26H29N7O4/c1-17-6-7-18-15-20(25(34)27-21(18)14-17)23(24-28-29-30-33(24)16-19-4-2-12-36-19)31-8-10-32(11-9-31)26(35)22-5-3-13-37-22/h3,5-7,13-15,19,23H,2,4,8-12,16H2,1H3,(H,27,34)/t19-,23-/m0/s1. The van der Waals surface area contributed by atoms with Crippen LogP contribution in [0.25, 0.3) is 10.9 Å². The largest absolute Gasteiger partial charge is 0.459 e. The van der Waals surface area contributed by atoms with Crippen LogP contribution in [-0.2, 0) is 11.3 Å². The molecule has 37 heavy (non-hydrogen) atoms. The van der Waals surface area contributed by atoms with E-state index in [1.807, 2.05) is 31.2 Å². The SMILES string of the molecule is Cc1ccc2cc([C@@H](c3nnnn3C[C@@H]3CCCO3)N3CCN(C(=O)c4ccco4)CC3)c(=O)[nH]c2c1. The fourth-order valence-electron chi connectivity index (χ4n) is 5.29. The van der Waals surface area contributed by atoms with Crippen molar-refractivity contribution < 1.29 is 13.9 Å². The minimum absolute atomic E-state index is 0.0449. The molecule has 2 aliphatic heterocycles. The molecule has 1 amide bonds. The van der Waals surface area contributed by atoms with Crippen LogP contribution in [0, 0.1) is 6.92 Å². The van der Waals surface area contributed by atoms with Crippen molar-refractivity contribution in [1.82, 2.24) is 35.0 Å². The van der Waals surface area contributed by atoms with Crippen LogP contribution in [0.15, 0.2) is 51.9 Å². The molecular weight excluding hydrogens is 474 g/mol. The van der Waals surface area contributed by atoms with Crippen LogP contribution >= 0.6 is 0 Å². The van der Waals surface area contributed by atoms with Gasteiger partial charge in [0, 0.05) is 43.9 Å². The average Bonchev–Trinajstić information content (AvgIpc) is 3.69. The van der Waals surface area contributed by atoms with Crippen molar-refractivity contribution in [3.63, 3.8) is 0 Å². The van der Waals surface area contributed by atoms with Gasteiger partial charge in [-0.1, -0.05) is 12.1 Å². The fourth-order valence-corrected chi connectivity index (χ4v) is 5.29. The molecule has 0 aliphatic carbocycles. The Hall–Kier alpha value is -3.83. The number of aromatic nitrogens is 5. The van der Waals surface area contributed by atoms with E-state index in [-0.39, 0.29) is 17.6 Å². The number of tetrazole rings is 1. The number of hydrogen-bond acceptors (Lipinski definition) is 8. The van der Waals surface area contributed by atoms with Crippen molar-refractivity contribution in [2.75, 3.05) is 32.8 Å². The molecule has 0 spiro atoms. The van der Waals surface area contributed by atoms with Gasteiger partial charge in [0.1, 0.15) is 6.04 Å². The average molecular weight is 504 g/mol. The predicted molar refractivity (Wildman–Crippen MR) is 134 cm³/mol. The first kappa shape index (κ1) is 23.6. The van der Waals surface area contributed by atoms with E-state index in [4.69, 9.17) is 9.15 Å². The molecule has 1 N–H and O–H groups in total. The third-order valence-electron chi connectivity index (χ3n) is 7.23. The van der Waals surface area contributed by atoms with Crippen LogP contribution in [0.3, 0.4) is 0 Å². The maximum Gasteiger partial charge on any atom is 0.289 e. The topological polar surface area (TPSA) is 122 Å². The summed E-state index contributed by atoms with van der Waals surface area (Å²) in [7, 11) is 0. The number of carbonyl (C=O) groups is 1. The third kappa shape index (κ3) is 4.67. The first-order valence-corrected chi connectivity index (χ1v) is 12.6. The molecule has 6 rings (SSSR count). The highest BCUT2D eigenvalue weighted by molar-refractivity contribution is 5.91. The number of benzene rings is 1. The molecule has 2 saturated heterocycles. The Morgan fingerprint density at radius 1 is 1.19 bits per heavy atom. The van der Waals surface area contributed by atoms with Crippen LogP contribution in [0.4, 0.5) is 0 Å². The lowest BCUT2D eigenvalue weighted by atomic mass is 10.0. The van der Waals surface area contributed by atoms with Crippen molar-refractivity contribution in [3.05, 3.63) is 75.7 Å². The normalized spacial score (nSPS) is 19.5. The summed E-state index contributed by atoms with van der Waals surface area (Å²) in [5.41, 5.74) is 2.26. The second-order valence-electron chi connectivity index (χ2n) is 9.71. The van der Waals surface area contributed by atoms with Crippen molar-refractivity contribution >= 4 is 16.8 Å². The zero-order valence-electron chi connectivity index (χ0n) is 20.7. The number of ether oxygens (including phenoxy) is 1. The molecule has 2 aliphatic rings. The van der Waals surface area contributed by atoms with Crippen LogP contribution in [-0.4, -0.2) is 79.8 Å². The number of hydrogen-bond donors (Lipinski definition) is 1. The van der Waals surface area contributed by atoms with E-state index in [9.17, 15) is 9.59 Å². The van der Waals surface area contributed by atoms with Crippen LogP contribution in [0.2, 0.25) is 0 Å². The van der Waals surface area contributed by atoms with Gasteiger partial charge in [0.15, 0.2) is 11.6 Å². The van der Waals surface area contributed by atoms with Gasteiger partial charge >= 0.3 is 0 Å². The van der Waals surface area contributed by atoms with Gasteiger partial charge in [0.05, 0.1) is 18.9 Å². The molecule has 0 saturated carbocycles. The summed E-state index contributed by atoms with van der Waals surface area (Å²) in [5.74, 6) is 0.786. The molecule has 0 radical (unpaired) electrons. The minimum atomic E-state index is -0.480. The lowest BCUT2D eigenvalue weighted by Crippen LogP contribution is -2.50. The van der Waals surface area contributed by atoms with Gasteiger partial charge in [-0.3, -0.25) is 14.5 Å². The highest BCUT2D eigenvalue weighted by atomic mass is 16.5. The van der Waals surface area contributed by atoms with E-state index in [0.29, 0.717) is 49.9 Å². The van der Waals surface area contributed by atoms with Gasteiger partial charge in [0.2, 0.25) is 0 Å². The van der Waals surface area contributed by atoms with Gasteiger partial charge in [-0.2, -0.15) is 0 Å². The summed E-state index contributed by atoms with van der Waals surface area (Å²) >= 11 is 0. The summed E-state index contributed by atoms with van der Waals surface area (Å²) in [6.07, 6.45) is 3.51. The number of pyridine rings is 1. The van der Waals surface area contributed by atoms with Gasteiger partial charge in [0.25, 0.3) is 11.5 Å². The first-order chi connectivity index (χ1) is 18.1. The molecule has 192 valence electrons. The first-order valence-electron chi connectivity index (χ1n) is 12.6. The Bertz CT molecular complexity index is 1450. The number of fused-ring (bicyclic) bond motifs is 1. The zero-order chi connectivity index (χ0) is 25.4. The number of amides is 1. The number of furan rings is 1. The number of nitrogens with one attached hydrogen (secondary N) is 1. The minimum Gasteiger partial charge on any atom is -0.459 e. The Labute approximate surface area is 213 Å². The van der Waals surface area contributed by atoms with Crippen LogP contribution < -0.4 is 5.56 Å². The van der Waals surface area contributed by atoms with Crippen LogP contribution in [0.5, 0.6) is 0 Å². The molecule has 2 atom stereocenters. The fraction of sp³-hybridized carbons (Fsp3) is 0.423. The van der Waals surface area contributed by atoms with Crippen LogP contribution in [0.1, 0.15) is 46.4 Å². The maximum atomic E-state index is 13.4. The number of H-pyrrole nitrogens is 1. The molecule has 0 unspecified atom stereocenters. The highest BCUT2D eigenvalue weighted by Crippen LogP contribution is 2.29. The smallest absolute Gasteiger partial charge is 0.289 e. The van der Waals surface area contributed by atoms with E-state index in [0.717, 1.165) is 35.9 Å². The van der Waals surface area contributed by atoms with E-state index in [1.165, 1.54) is 6.26 Å². The second kappa shape index (κ2) is 9.91. The Morgan fingerprint density at radius 2 is 2.05 bits per heavy atom. The Morgan fingerprint density at radius 3 is 2.81 bits per heavy atom. The highest BCUT2D eigenvalue weighted by Gasteiger charge is 2.34. The molecule has 2 fully saturated rings. The summed E-state index contributed by atoms with van der Waals surface area (Å²) < 4.78 is 12.9. The van der Waals surface area contributed by atoms with E-state index < -0.39 is 6.04 Å². The monoisotopic (exact) mass is 503 g/mol.